The SMILES string of the molecule is CCCc1oc(C2COC(c3cccc(C4=NC(c5nc(CC)c(CCNC(=O)OC(C)(C)C)o5)CO4)n3)=N2)nc1C(=O)OCC. The molecule has 3 aromatic rings. The second kappa shape index (κ2) is 14.1. The number of ether oxygens (including phenoxy) is 4. The Morgan fingerprint density at radius 3 is 2.11 bits per heavy atom. The quantitative estimate of drug-likeness (QED) is 0.269. The van der Waals surface area contributed by atoms with Crippen molar-refractivity contribution >= 4 is 23.9 Å². The fraction of sp³-hybridized carbons (Fsp3) is 0.531. The highest BCUT2D eigenvalue weighted by Gasteiger charge is 2.32. The van der Waals surface area contributed by atoms with Gasteiger partial charge in [-0.2, -0.15) is 0 Å². The van der Waals surface area contributed by atoms with E-state index in [1.165, 1.54) is 0 Å². The van der Waals surface area contributed by atoms with Gasteiger partial charge in [0.2, 0.25) is 23.6 Å². The largest absolute Gasteiger partial charge is 0.474 e. The number of esters is 1. The molecule has 0 spiro atoms. The summed E-state index contributed by atoms with van der Waals surface area (Å²) in [4.78, 5) is 47.5. The number of carbonyl (C=O) groups is 2. The summed E-state index contributed by atoms with van der Waals surface area (Å²) in [6, 6.07) is 4.40. The van der Waals surface area contributed by atoms with E-state index in [-0.39, 0.29) is 25.5 Å². The summed E-state index contributed by atoms with van der Waals surface area (Å²) in [5, 5.41) is 2.75. The molecule has 14 nitrogen and oxygen atoms in total. The first-order valence-corrected chi connectivity index (χ1v) is 15.6. The van der Waals surface area contributed by atoms with Gasteiger partial charge in [0.05, 0.1) is 12.3 Å². The number of pyridine rings is 1. The van der Waals surface area contributed by atoms with E-state index in [2.05, 4.69) is 25.3 Å². The first-order chi connectivity index (χ1) is 22.1. The van der Waals surface area contributed by atoms with Gasteiger partial charge in [0.25, 0.3) is 0 Å². The average Bonchev–Trinajstić information content (AvgIpc) is 3.82. The summed E-state index contributed by atoms with van der Waals surface area (Å²) >= 11 is 0. The molecule has 0 bridgehead atoms. The van der Waals surface area contributed by atoms with Crippen LogP contribution in [0.15, 0.2) is 37.0 Å². The molecule has 5 rings (SSSR count). The average molecular weight is 637 g/mol. The Balaban J connectivity index is 1.27. The van der Waals surface area contributed by atoms with E-state index in [0.29, 0.717) is 72.3 Å². The second-order valence-corrected chi connectivity index (χ2v) is 11.7. The lowest BCUT2D eigenvalue weighted by molar-refractivity contribution is 0.0511. The van der Waals surface area contributed by atoms with Crippen LogP contribution in [0.1, 0.15) is 111 Å². The molecule has 1 N–H and O–H groups in total. The number of aromatic nitrogens is 3. The second-order valence-electron chi connectivity index (χ2n) is 11.7. The molecule has 3 aromatic heterocycles. The van der Waals surface area contributed by atoms with E-state index < -0.39 is 29.7 Å². The van der Waals surface area contributed by atoms with Gasteiger partial charge >= 0.3 is 12.1 Å². The molecule has 0 saturated heterocycles. The van der Waals surface area contributed by atoms with Crippen LogP contribution in [-0.2, 0) is 38.2 Å². The summed E-state index contributed by atoms with van der Waals surface area (Å²) in [5.41, 5.74) is 1.40. The van der Waals surface area contributed by atoms with Crippen LogP contribution in [0.25, 0.3) is 0 Å². The molecular formula is C32H40N6O8. The molecule has 0 aromatic carbocycles. The lowest BCUT2D eigenvalue weighted by Crippen LogP contribution is -2.33. The number of oxazole rings is 2. The zero-order valence-electron chi connectivity index (χ0n) is 27.0. The van der Waals surface area contributed by atoms with Crippen LogP contribution in [0.4, 0.5) is 4.79 Å². The molecule has 246 valence electrons. The lowest BCUT2D eigenvalue weighted by atomic mass is 10.2. The van der Waals surface area contributed by atoms with Crippen molar-refractivity contribution in [3.63, 3.8) is 0 Å². The van der Waals surface area contributed by atoms with E-state index in [1.807, 2.05) is 40.7 Å². The Morgan fingerprint density at radius 2 is 1.52 bits per heavy atom. The smallest absolute Gasteiger partial charge is 0.407 e. The molecule has 1 amide bonds. The number of hydrogen-bond donors (Lipinski definition) is 1. The maximum Gasteiger partial charge on any atom is 0.407 e. The van der Waals surface area contributed by atoms with E-state index in [0.717, 1.165) is 12.1 Å². The first kappa shape index (κ1) is 32.6. The third kappa shape index (κ3) is 7.72. The van der Waals surface area contributed by atoms with Crippen LogP contribution < -0.4 is 5.32 Å². The summed E-state index contributed by atoms with van der Waals surface area (Å²) < 4.78 is 34.2. The number of amides is 1. The minimum absolute atomic E-state index is 0.176. The van der Waals surface area contributed by atoms with Gasteiger partial charge in [-0.3, -0.25) is 0 Å². The molecular weight excluding hydrogens is 596 g/mol. The number of carbonyl (C=O) groups excluding carboxylic acids is 2. The maximum absolute atomic E-state index is 12.4. The Hall–Kier alpha value is -4.75. The van der Waals surface area contributed by atoms with Gasteiger partial charge in [0.15, 0.2) is 17.8 Å². The van der Waals surface area contributed by atoms with Crippen molar-refractivity contribution in [1.82, 2.24) is 20.3 Å². The molecule has 0 fully saturated rings. The van der Waals surface area contributed by atoms with Crippen molar-refractivity contribution in [2.45, 2.75) is 84.9 Å². The highest BCUT2D eigenvalue weighted by Crippen LogP contribution is 2.29. The third-order valence-electron chi connectivity index (χ3n) is 6.87. The van der Waals surface area contributed by atoms with Gasteiger partial charge in [-0.15, -0.1) is 0 Å². The van der Waals surface area contributed by atoms with Gasteiger partial charge in [0, 0.05) is 19.4 Å². The maximum atomic E-state index is 12.4. The van der Waals surface area contributed by atoms with E-state index >= 15 is 0 Å². The monoisotopic (exact) mass is 636 g/mol. The van der Waals surface area contributed by atoms with Crippen molar-refractivity contribution in [2.75, 3.05) is 26.4 Å². The summed E-state index contributed by atoms with van der Waals surface area (Å²) in [6.45, 7) is 12.2. The Bertz CT molecular complexity index is 1620. The standard InChI is InChI=1S/C32H40N6O8/c1-7-11-24-25(30(39)41-9-3)38-29(45-24)22-17-43-27(37-22)20-13-10-12-19(34-20)26-36-21(16-42-26)28-35-18(8-2)23(44-28)14-15-33-31(40)46-32(4,5)6/h10,12-13,21-22H,7-9,11,14-17H2,1-6H3,(H,33,40). The summed E-state index contributed by atoms with van der Waals surface area (Å²) in [6.07, 6.45) is 1.98. The third-order valence-corrected chi connectivity index (χ3v) is 6.87. The number of rotatable bonds is 12. The van der Waals surface area contributed by atoms with Gasteiger partial charge in [0.1, 0.15) is 41.7 Å². The number of nitrogens with one attached hydrogen (secondary N) is 1. The van der Waals surface area contributed by atoms with Crippen LogP contribution in [0.3, 0.4) is 0 Å². The zero-order chi connectivity index (χ0) is 32.8. The van der Waals surface area contributed by atoms with Crippen LogP contribution in [0.2, 0.25) is 0 Å². The van der Waals surface area contributed by atoms with Crippen LogP contribution in [0.5, 0.6) is 0 Å². The van der Waals surface area contributed by atoms with Crippen molar-refractivity contribution in [2.24, 2.45) is 9.98 Å². The molecule has 2 aliphatic heterocycles. The minimum atomic E-state index is -0.572. The first-order valence-electron chi connectivity index (χ1n) is 15.6. The number of aryl methyl sites for hydroxylation is 2. The van der Waals surface area contributed by atoms with E-state index in [4.69, 9.17) is 32.8 Å². The molecule has 0 saturated carbocycles. The molecule has 14 heteroatoms. The Labute approximate surface area is 267 Å². The fourth-order valence-corrected chi connectivity index (χ4v) is 4.83. The number of alkyl carbamates (subject to hydrolysis) is 1. The minimum Gasteiger partial charge on any atom is -0.474 e. The lowest BCUT2D eigenvalue weighted by Gasteiger charge is -2.19. The normalized spacial score (nSPS) is 17.6. The molecule has 0 aliphatic carbocycles. The van der Waals surface area contributed by atoms with Gasteiger partial charge in [-0.1, -0.05) is 19.9 Å². The predicted molar refractivity (Wildman–Crippen MR) is 165 cm³/mol. The molecule has 46 heavy (non-hydrogen) atoms. The van der Waals surface area contributed by atoms with Gasteiger partial charge in [-0.25, -0.2) is 34.5 Å². The molecule has 2 unspecified atom stereocenters. The number of hydrogen-bond acceptors (Lipinski definition) is 13. The highest BCUT2D eigenvalue weighted by atomic mass is 16.6. The predicted octanol–water partition coefficient (Wildman–Crippen LogP) is 4.85. The van der Waals surface area contributed by atoms with E-state index in [1.54, 1.807) is 19.1 Å². The molecule has 2 atom stereocenters. The molecule has 0 radical (unpaired) electrons. The Morgan fingerprint density at radius 1 is 0.891 bits per heavy atom. The van der Waals surface area contributed by atoms with Crippen LogP contribution >= 0.6 is 0 Å². The van der Waals surface area contributed by atoms with Gasteiger partial charge in [-0.05, 0) is 52.7 Å². The van der Waals surface area contributed by atoms with E-state index in [9.17, 15) is 9.59 Å². The number of aliphatic imine (C=N–C) groups is 2. The molecule has 2 aliphatic rings. The number of nitrogens with zero attached hydrogens (tertiary/aromatic N) is 5. The summed E-state index contributed by atoms with van der Waals surface area (Å²) in [5.74, 6) is 2.05. The van der Waals surface area contributed by atoms with Crippen LogP contribution in [0, 0.1) is 0 Å². The topological polar surface area (TPSA) is 173 Å². The van der Waals surface area contributed by atoms with Gasteiger partial charge < -0.3 is 33.1 Å². The van der Waals surface area contributed by atoms with Crippen molar-refractivity contribution < 1.29 is 37.4 Å². The zero-order valence-corrected chi connectivity index (χ0v) is 27.0. The fourth-order valence-electron chi connectivity index (χ4n) is 4.83. The Kier molecular flexibility index (Phi) is 10.0. The highest BCUT2D eigenvalue weighted by molar-refractivity contribution is 5.97. The summed E-state index contributed by atoms with van der Waals surface area (Å²) in [7, 11) is 0. The van der Waals surface area contributed by atoms with Crippen molar-refractivity contribution in [1.29, 1.82) is 0 Å². The van der Waals surface area contributed by atoms with Crippen molar-refractivity contribution in [3.05, 3.63) is 64.3 Å². The van der Waals surface area contributed by atoms with Crippen LogP contribution in [-0.4, -0.2) is 70.8 Å². The molecule has 5 heterocycles. The van der Waals surface area contributed by atoms with Crippen molar-refractivity contribution in [3.8, 4) is 0 Å².